The van der Waals surface area contributed by atoms with Crippen molar-refractivity contribution >= 4 is 16.9 Å². The number of benzene rings is 1. The zero-order valence-electron chi connectivity index (χ0n) is 13.6. The van der Waals surface area contributed by atoms with E-state index in [0.29, 0.717) is 24.3 Å². The molecule has 0 saturated carbocycles. The number of hydrogen-bond donors (Lipinski definition) is 2. The number of hydrogen-bond acceptors (Lipinski definition) is 5. The van der Waals surface area contributed by atoms with E-state index in [9.17, 15) is 9.59 Å². The Hall–Kier alpha value is -2.34. The lowest BCUT2D eigenvalue weighted by Crippen LogP contribution is -2.37. The van der Waals surface area contributed by atoms with Gasteiger partial charge in [-0.05, 0) is 50.3 Å². The zero-order chi connectivity index (χ0) is 17.1. The Morgan fingerprint density at radius 3 is 2.96 bits per heavy atom. The van der Waals surface area contributed by atoms with Crippen LogP contribution in [0, 0.1) is 0 Å². The first kappa shape index (κ1) is 16.5. The number of aryl methyl sites for hydroxylation is 1. The summed E-state index contributed by atoms with van der Waals surface area (Å²) in [5, 5.41) is 12.3. The number of aliphatic hydroxyl groups excluding tert-OH is 1. The van der Waals surface area contributed by atoms with Crippen molar-refractivity contribution in [2.24, 2.45) is 0 Å². The van der Waals surface area contributed by atoms with Crippen LogP contribution in [0.15, 0.2) is 27.4 Å². The molecular weight excluding hydrogens is 310 g/mol. The van der Waals surface area contributed by atoms with Crippen LogP contribution in [0.2, 0.25) is 0 Å². The molecule has 0 radical (unpaired) electrons. The first-order valence-electron chi connectivity index (χ1n) is 8.24. The molecule has 0 aliphatic heterocycles. The molecule has 1 aliphatic rings. The van der Waals surface area contributed by atoms with Crippen molar-refractivity contribution in [2.75, 3.05) is 13.2 Å². The van der Waals surface area contributed by atoms with Crippen LogP contribution in [0.1, 0.15) is 30.9 Å². The Morgan fingerprint density at radius 2 is 2.17 bits per heavy atom. The maximum absolute atomic E-state index is 12.0. The molecule has 128 valence electrons. The number of ether oxygens (including phenoxy) is 1. The molecule has 1 amide bonds. The fourth-order valence-electron chi connectivity index (χ4n) is 3.03. The van der Waals surface area contributed by atoms with Gasteiger partial charge in [-0.1, -0.05) is 0 Å². The molecule has 3 rings (SSSR count). The lowest BCUT2D eigenvalue weighted by atomic mass is 10.1. The first-order valence-corrected chi connectivity index (χ1v) is 8.24. The normalized spacial score (nSPS) is 14.4. The minimum absolute atomic E-state index is 0.0313. The summed E-state index contributed by atoms with van der Waals surface area (Å²) in [6, 6.07) is 5.33. The number of rotatable bonds is 6. The summed E-state index contributed by atoms with van der Waals surface area (Å²) < 4.78 is 11.0. The number of carbonyl (C=O) groups excluding carboxylic acids is 1. The molecule has 0 bridgehead atoms. The van der Waals surface area contributed by atoms with Gasteiger partial charge >= 0.3 is 5.63 Å². The minimum Gasteiger partial charge on any atom is -0.481 e. The number of fused-ring (bicyclic) bond motifs is 3. The van der Waals surface area contributed by atoms with Crippen molar-refractivity contribution in [1.82, 2.24) is 5.32 Å². The van der Waals surface area contributed by atoms with Gasteiger partial charge in [-0.3, -0.25) is 4.79 Å². The van der Waals surface area contributed by atoms with Crippen LogP contribution < -0.4 is 15.7 Å². The molecule has 0 saturated heterocycles. The Bertz CT molecular complexity index is 811. The van der Waals surface area contributed by atoms with E-state index in [1.807, 2.05) is 6.07 Å². The van der Waals surface area contributed by atoms with Gasteiger partial charge in [-0.15, -0.1) is 0 Å². The lowest BCUT2D eigenvalue weighted by molar-refractivity contribution is -0.127. The summed E-state index contributed by atoms with van der Waals surface area (Å²) >= 11 is 0. The molecule has 1 aromatic carbocycles. The van der Waals surface area contributed by atoms with E-state index >= 15 is 0 Å². The second-order valence-corrected chi connectivity index (χ2v) is 5.99. The Balaban J connectivity index is 1.78. The van der Waals surface area contributed by atoms with E-state index in [-0.39, 0.29) is 18.1 Å². The largest absolute Gasteiger partial charge is 0.481 e. The predicted molar refractivity (Wildman–Crippen MR) is 89.3 cm³/mol. The van der Waals surface area contributed by atoms with Gasteiger partial charge in [0.05, 0.1) is 0 Å². The Morgan fingerprint density at radius 1 is 1.38 bits per heavy atom. The van der Waals surface area contributed by atoms with Crippen LogP contribution in [-0.4, -0.2) is 30.3 Å². The highest BCUT2D eigenvalue weighted by atomic mass is 16.5. The summed E-state index contributed by atoms with van der Waals surface area (Å²) in [5.74, 6) is 0.229. The van der Waals surface area contributed by atoms with Crippen LogP contribution in [0.3, 0.4) is 0 Å². The van der Waals surface area contributed by atoms with Crippen LogP contribution >= 0.6 is 0 Å². The van der Waals surface area contributed by atoms with E-state index in [1.54, 1.807) is 19.1 Å². The van der Waals surface area contributed by atoms with Gasteiger partial charge in [0, 0.05) is 30.2 Å². The van der Waals surface area contributed by atoms with Gasteiger partial charge in [0.15, 0.2) is 6.10 Å². The van der Waals surface area contributed by atoms with Gasteiger partial charge in [-0.25, -0.2) is 4.79 Å². The van der Waals surface area contributed by atoms with Crippen molar-refractivity contribution in [3.63, 3.8) is 0 Å². The van der Waals surface area contributed by atoms with Crippen LogP contribution in [0.5, 0.6) is 5.75 Å². The van der Waals surface area contributed by atoms with E-state index in [1.165, 1.54) is 0 Å². The molecule has 24 heavy (non-hydrogen) atoms. The predicted octanol–water partition coefficient (Wildman–Crippen LogP) is 1.55. The fourth-order valence-corrected chi connectivity index (χ4v) is 3.03. The standard InChI is InChI=1S/C18H21NO5/c1-11(17(21)19-8-3-9-20)23-12-6-7-14-13-4-2-5-15(13)18(22)24-16(14)10-12/h6-7,10-11,20H,2-5,8-9H2,1H3,(H,19,21)/t11-/m0/s1. The number of carbonyl (C=O) groups is 1. The highest BCUT2D eigenvalue weighted by Gasteiger charge is 2.20. The molecular formula is C18H21NO5. The summed E-state index contributed by atoms with van der Waals surface area (Å²) in [4.78, 5) is 23.9. The molecule has 2 N–H and O–H groups in total. The Labute approximate surface area is 139 Å². The van der Waals surface area contributed by atoms with Crippen molar-refractivity contribution in [3.05, 3.63) is 39.7 Å². The third-order valence-corrected chi connectivity index (χ3v) is 4.26. The highest BCUT2D eigenvalue weighted by molar-refractivity contribution is 5.84. The molecule has 1 aliphatic carbocycles. The lowest BCUT2D eigenvalue weighted by Gasteiger charge is -2.15. The highest BCUT2D eigenvalue weighted by Crippen LogP contribution is 2.29. The second-order valence-electron chi connectivity index (χ2n) is 5.99. The molecule has 6 nitrogen and oxygen atoms in total. The van der Waals surface area contributed by atoms with Gasteiger partial charge in [0.1, 0.15) is 11.3 Å². The summed E-state index contributed by atoms with van der Waals surface area (Å²) in [5.41, 5.74) is 2.07. The molecule has 2 aromatic rings. The zero-order valence-corrected chi connectivity index (χ0v) is 13.6. The second kappa shape index (κ2) is 7.05. The summed E-state index contributed by atoms with van der Waals surface area (Å²) in [6.45, 7) is 2.09. The third-order valence-electron chi connectivity index (χ3n) is 4.26. The van der Waals surface area contributed by atoms with Crippen molar-refractivity contribution in [2.45, 2.75) is 38.7 Å². The quantitative estimate of drug-likeness (QED) is 0.619. The molecule has 1 heterocycles. The molecule has 0 spiro atoms. The Kier molecular flexibility index (Phi) is 4.85. The van der Waals surface area contributed by atoms with E-state index < -0.39 is 6.10 Å². The maximum atomic E-state index is 12.0. The minimum atomic E-state index is -0.678. The molecule has 1 aromatic heterocycles. The van der Waals surface area contributed by atoms with E-state index in [4.69, 9.17) is 14.3 Å². The maximum Gasteiger partial charge on any atom is 0.339 e. The first-order chi connectivity index (χ1) is 11.6. The third kappa shape index (κ3) is 3.28. The average Bonchev–Trinajstić information content (AvgIpc) is 3.05. The van der Waals surface area contributed by atoms with Gasteiger partial charge in [0.25, 0.3) is 5.91 Å². The van der Waals surface area contributed by atoms with Crippen LogP contribution in [0.25, 0.3) is 11.0 Å². The summed E-state index contributed by atoms with van der Waals surface area (Å²) in [6.07, 6.45) is 2.47. The van der Waals surface area contributed by atoms with E-state index in [2.05, 4.69) is 5.32 Å². The molecule has 0 fully saturated rings. The molecule has 1 atom stereocenters. The smallest absolute Gasteiger partial charge is 0.339 e. The fraction of sp³-hybridized carbons (Fsp3) is 0.444. The number of amides is 1. The molecule has 6 heteroatoms. The monoisotopic (exact) mass is 331 g/mol. The number of nitrogens with one attached hydrogen (secondary N) is 1. The average molecular weight is 331 g/mol. The van der Waals surface area contributed by atoms with Gasteiger partial charge in [0.2, 0.25) is 0 Å². The SMILES string of the molecule is C[C@H](Oc1ccc2c3c(c(=O)oc2c1)CCC3)C(=O)NCCCO. The van der Waals surface area contributed by atoms with Gasteiger partial charge < -0.3 is 19.6 Å². The van der Waals surface area contributed by atoms with Gasteiger partial charge in [-0.2, -0.15) is 0 Å². The summed E-state index contributed by atoms with van der Waals surface area (Å²) in [7, 11) is 0. The van der Waals surface area contributed by atoms with Crippen molar-refractivity contribution in [3.8, 4) is 5.75 Å². The van der Waals surface area contributed by atoms with E-state index in [0.717, 1.165) is 35.8 Å². The van der Waals surface area contributed by atoms with Crippen LogP contribution in [-0.2, 0) is 17.6 Å². The van der Waals surface area contributed by atoms with Crippen molar-refractivity contribution in [1.29, 1.82) is 0 Å². The molecule has 0 unspecified atom stereocenters. The van der Waals surface area contributed by atoms with Crippen molar-refractivity contribution < 1.29 is 19.1 Å². The topological polar surface area (TPSA) is 88.8 Å². The van der Waals surface area contributed by atoms with Crippen LogP contribution in [0.4, 0.5) is 0 Å². The number of aliphatic hydroxyl groups is 1.